The van der Waals surface area contributed by atoms with Gasteiger partial charge in [-0.3, -0.25) is 14.5 Å². The Kier molecular flexibility index (Phi) is 10.6. The molecule has 38 heavy (non-hydrogen) atoms. The minimum Gasteiger partial charge on any atom is -0.444 e. The van der Waals surface area contributed by atoms with E-state index in [9.17, 15) is 14.4 Å². The van der Waals surface area contributed by atoms with E-state index in [1.807, 2.05) is 35.2 Å². The first-order valence-corrected chi connectivity index (χ1v) is 13.8. The highest BCUT2D eigenvalue weighted by Crippen LogP contribution is 2.29. The summed E-state index contributed by atoms with van der Waals surface area (Å²) in [7, 11) is 1.54. The van der Waals surface area contributed by atoms with E-state index in [2.05, 4.69) is 10.5 Å². The van der Waals surface area contributed by atoms with Crippen LogP contribution in [0.15, 0.2) is 35.5 Å². The van der Waals surface area contributed by atoms with Crippen LogP contribution in [0.1, 0.15) is 78.2 Å². The first-order valence-electron chi connectivity index (χ1n) is 13.8. The smallest absolute Gasteiger partial charge is 0.410 e. The van der Waals surface area contributed by atoms with Crippen LogP contribution in [0.4, 0.5) is 4.79 Å². The number of nitrogens with one attached hydrogen (secondary N) is 1. The van der Waals surface area contributed by atoms with Crippen molar-refractivity contribution in [1.29, 1.82) is 0 Å². The van der Waals surface area contributed by atoms with Gasteiger partial charge in [-0.2, -0.15) is 0 Å². The standard InChI is InChI=1S/C29H44N4O5/c1-21(32(5)28(36)38-29(2,3)4)26(34)31-25(23-15-10-7-11-16-23)27(35)33-18-12-17-24(33)19-30-37-20-22-13-8-6-9-14-22/h6,8-9,13-14,19,21,23-25H,7,10-12,15-18,20H2,1-5H3,(H,31,34)/b30-19+/t21-,24?,25?/m0/s1. The largest absolute Gasteiger partial charge is 0.444 e. The molecule has 1 heterocycles. The van der Waals surface area contributed by atoms with Gasteiger partial charge in [0.1, 0.15) is 24.3 Å². The van der Waals surface area contributed by atoms with Crippen molar-refractivity contribution in [1.82, 2.24) is 15.1 Å². The Morgan fingerprint density at radius 2 is 1.79 bits per heavy atom. The van der Waals surface area contributed by atoms with E-state index in [-0.39, 0.29) is 23.8 Å². The summed E-state index contributed by atoms with van der Waals surface area (Å²) < 4.78 is 5.42. The highest BCUT2D eigenvalue weighted by atomic mass is 16.6. The number of ether oxygens (including phenoxy) is 1. The van der Waals surface area contributed by atoms with Crippen LogP contribution in [0.5, 0.6) is 0 Å². The second kappa shape index (κ2) is 13.6. The van der Waals surface area contributed by atoms with Gasteiger partial charge in [0.2, 0.25) is 11.8 Å². The van der Waals surface area contributed by atoms with E-state index in [4.69, 9.17) is 9.57 Å². The molecule has 3 atom stereocenters. The zero-order valence-electron chi connectivity index (χ0n) is 23.5. The molecule has 1 aromatic carbocycles. The van der Waals surface area contributed by atoms with Crippen LogP contribution in [0.2, 0.25) is 0 Å². The Morgan fingerprint density at radius 1 is 1.11 bits per heavy atom. The van der Waals surface area contributed by atoms with E-state index in [1.165, 1.54) is 11.9 Å². The second-order valence-corrected chi connectivity index (χ2v) is 11.4. The maximum absolute atomic E-state index is 13.9. The Morgan fingerprint density at radius 3 is 2.45 bits per heavy atom. The third kappa shape index (κ3) is 8.46. The molecule has 2 unspecified atom stereocenters. The number of nitrogens with zero attached hydrogens (tertiary/aromatic N) is 3. The fraction of sp³-hybridized carbons (Fsp3) is 0.655. The molecule has 1 aromatic rings. The van der Waals surface area contributed by atoms with Crippen molar-refractivity contribution >= 4 is 24.1 Å². The molecule has 0 spiro atoms. The molecule has 1 saturated heterocycles. The molecular weight excluding hydrogens is 484 g/mol. The molecule has 3 rings (SSSR count). The monoisotopic (exact) mass is 528 g/mol. The normalized spacial score (nSPS) is 20.1. The van der Waals surface area contributed by atoms with Crippen LogP contribution < -0.4 is 5.32 Å². The third-order valence-electron chi connectivity index (χ3n) is 7.29. The summed E-state index contributed by atoms with van der Waals surface area (Å²) in [4.78, 5) is 48.2. The predicted octanol–water partition coefficient (Wildman–Crippen LogP) is 4.50. The molecule has 0 aromatic heterocycles. The van der Waals surface area contributed by atoms with Crippen molar-refractivity contribution < 1.29 is 24.0 Å². The average Bonchev–Trinajstić information content (AvgIpc) is 3.37. The van der Waals surface area contributed by atoms with Gasteiger partial charge < -0.3 is 19.8 Å². The molecule has 210 valence electrons. The van der Waals surface area contributed by atoms with Crippen LogP contribution in [-0.4, -0.2) is 71.2 Å². The number of rotatable bonds is 9. The molecule has 3 amide bonds. The number of benzene rings is 1. The fourth-order valence-corrected chi connectivity index (χ4v) is 4.99. The van der Waals surface area contributed by atoms with Gasteiger partial charge in [-0.05, 0) is 64.9 Å². The Labute approximate surface area is 226 Å². The van der Waals surface area contributed by atoms with Crippen LogP contribution >= 0.6 is 0 Å². The lowest BCUT2D eigenvalue weighted by Crippen LogP contribution is -2.57. The van der Waals surface area contributed by atoms with E-state index in [0.717, 1.165) is 50.5 Å². The molecule has 1 saturated carbocycles. The third-order valence-corrected chi connectivity index (χ3v) is 7.29. The second-order valence-electron chi connectivity index (χ2n) is 11.4. The summed E-state index contributed by atoms with van der Waals surface area (Å²) in [6, 6.07) is 8.19. The molecule has 0 radical (unpaired) electrons. The minimum absolute atomic E-state index is 0.0618. The van der Waals surface area contributed by atoms with Crippen molar-refractivity contribution in [3.8, 4) is 0 Å². The van der Waals surface area contributed by atoms with Crippen molar-refractivity contribution in [2.75, 3.05) is 13.6 Å². The van der Waals surface area contributed by atoms with Crippen LogP contribution in [0, 0.1) is 5.92 Å². The van der Waals surface area contributed by atoms with Crippen LogP contribution in [0.25, 0.3) is 0 Å². The molecule has 1 N–H and O–H groups in total. The van der Waals surface area contributed by atoms with Crippen LogP contribution in [-0.2, 0) is 25.8 Å². The molecular formula is C29H44N4O5. The number of likely N-dealkylation sites (tertiary alicyclic amines) is 1. The van der Waals surface area contributed by atoms with Gasteiger partial charge >= 0.3 is 6.09 Å². The first-order chi connectivity index (χ1) is 18.1. The summed E-state index contributed by atoms with van der Waals surface area (Å²) in [5.74, 6) is -0.390. The van der Waals surface area contributed by atoms with Crippen LogP contribution in [0.3, 0.4) is 0 Å². The maximum atomic E-state index is 13.9. The highest BCUT2D eigenvalue weighted by Gasteiger charge is 2.39. The Balaban J connectivity index is 1.66. The number of oxime groups is 1. The van der Waals surface area contributed by atoms with E-state index >= 15 is 0 Å². The lowest BCUT2D eigenvalue weighted by atomic mass is 9.83. The molecule has 2 aliphatic rings. The zero-order chi connectivity index (χ0) is 27.7. The Hall–Kier alpha value is -3.10. The van der Waals surface area contributed by atoms with Crippen molar-refractivity contribution in [2.24, 2.45) is 11.1 Å². The lowest BCUT2D eigenvalue weighted by Gasteiger charge is -2.35. The van der Waals surface area contributed by atoms with Gasteiger partial charge in [-0.15, -0.1) is 0 Å². The summed E-state index contributed by atoms with van der Waals surface area (Å²) >= 11 is 0. The number of likely N-dealkylation sites (N-methyl/N-ethyl adjacent to an activating group) is 1. The number of amides is 3. The first kappa shape index (κ1) is 29.5. The van der Waals surface area contributed by atoms with Gasteiger partial charge in [0.25, 0.3) is 0 Å². The lowest BCUT2D eigenvalue weighted by molar-refractivity contribution is -0.139. The summed E-state index contributed by atoms with van der Waals surface area (Å²) in [6.45, 7) is 7.97. The minimum atomic E-state index is -0.786. The van der Waals surface area contributed by atoms with Crippen molar-refractivity contribution in [2.45, 2.75) is 103 Å². The maximum Gasteiger partial charge on any atom is 0.410 e. The topological polar surface area (TPSA) is 101 Å². The van der Waals surface area contributed by atoms with E-state index < -0.39 is 23.8 Å². The number of carbonyl (C=O) groups is 3. The summed E-state index contributed by atoms with van der Waals surface area (Å²) in [6.07, 6.45) is 7.78. The molecule has 9 nitrogen and oxygen atoms in total. The SMILES string of the molecule is C[C@@H](C(=O)NC(C(=O)N1CCCC1/C=N/OCc1ccccc1)C1CCCCC1)N(C)C(=O)OC(C)(C)C. The molecule has 0 bridgehead atoms. The fourth-order valence-electron chi connectivity index (χ4n) is 4.99. The van der Waals surface area contributed by atoms with Gasteiger partial charge in [0, 0.05) is 13.6 Å². The number of carbonyl (C=O) groups excluding carboxylic acids is 3. The van der Waals surface area contributed by atoms with Gasteiger partial charge in [0.05, 0.1) is 12.3 Å². The van der Waals surface area contributed by atoms with Gasteiger partial charge in [-0.25, -0.2) is 4.79 Å². The Bertz CT molecular complexity index is 955. The van der Waals surface area contributed by atoms with E-state index in [1.54, 1.807) is 33.9 Å². The predicted molar refractivity (Wildman–Crippen MR) is 146 cm³/mol. The average molecular weight is 529 g/mol. The molecule has 1 aliphatic heterocycles. The molecule has 1 aliphatic carbocycles. The van der Waals surface area contributed by atoms with Crippen molar-refractivity contribution in [3.63, 3.8) is 0 Å². The van der Waals surface area contributed by atoms with E-state index in [0.29, 0.717) is 13.2 Å². The zero-order valence-corrected chi connectivity index (χ0v) is 23.5. The molecule has 9 heteroatoms. The number of hydrogen-bond donors (Lipinski definition) is 1. The van der Waals surface area contributed by atoms with Gasteiger partial charge in [-0.1, -0.05) is 54.8 Å². The number of hydrogen-bond acceptors (Lipinski definition) is 6. The summed E-state index contributed by atoms with van der Waals surface area (Å²) in [5.41, 5.74) is 0.355. The molecule has 2 fully saturated rings. The van der Waals surface area contributed by atoms with Gasteiger partial charge in [0.15, 0.2) is 0 Å². The quantitative estimate of drug-likeness (QED) is 0.376. The summed E-state index contributed by atoms with van der Waals surface area (Å²) in [5, 5.41) is 7.17. The van der Waals surface area contributed by atoms with Crippen molar-refractivity contribution in [3.05, 3.63) is 35.9 Å². The highest BCUT2D eigenvalue weighted by molar-refractivity contribution is 5.92.